The van der Waals surface area contributed by atoms with Crippen LogP contribution in [0.3, 0.4) is 0 Å². The Hall–Kier alpha value is -2.04. The van der Waals surface area contributed by atoms with E-state index >= 15 is 0 Å². The third-order valence-corrected chi connectivity index (χ3v) is 1.71. The first-order valence-corrected chi connectivity index (χ1v) is 4.31. The average Bonchev–Trinajstić information content (AvgIpc) is 2.27. The minimum atomic E-state index is -4.30. The Balaban J connectivity index is 2.80. The lowest BCUT2D eigenvalue weighted by Gasteiger charge is -2.15. The summed E-state index contributed by atoms with van der Waals surface area (Å²) >= 11 is 0. The van der Waals surface area contributed by atoms with Crippen LogP contribution >= 0.6 is 0 Å². The van der Waals surface area contributed by atoms with E-state index in [1.807, 2.05) is 0 Å². The summed E-state index contributed by atoms with van der Waals surface area (Å²) in [5.74, 6) is -4.75. The van der Waals surface area contributed by atoms with E-state index in [-0.39, 0.29) is 11.3 Å². The summed E-state index contributed by atoms with van der Waals surface area (Å²) in [4.78, 5) is 3.46. The molecule has 0 fully saturated rings. The molecule has 1 aromatic heterocycles. The maximum Gasteiger partial charge on any atom is 0.340 e. The largest absolute Gasteiger partial charge is 0.470 e. The highest BCUT2D eigenvalue weighted by Crippen LogP contribution is 2.25. The Bertz CT molecular complexity index is 444. The van der Waals surface area contributed by atoms with Gasteiger partial charge >= 0.3 is 12.3 Å². The van der Waals surface area contributed by atoms with Gasteiger partial charge in [0.15, 0.2) is 6.61 Å². The topological polar surface area (TPSA) is 71.9 Å². The van der Waals surface area contributed by atoms with Gasteiger partial charge in [-0.3, -0.25) is 0 Å². The first-order chi connectivity index (χ1) is 7.86. The molecule has 0 saturated carbocycles. The molecule has 0 bridgehead atoms. The van der Waals surface area contributed by atoms with Crippen molar-refractivity contribution >= 4 is 5.69 Å². The highest BCUT2D eigenvalue weighted by atomic mass is 19.3. The van der Waals surface area contributed by atoms with Crippen molar-refractivity contribution in [1.82, 2.24) is 4.98 Å². The van der Waals surface area contributed by atoms with Crippen LogP contribution < -0.4 is 10.5 Å². The third kappa shape index (κ3) is 3.21. The highest BCUT2D eigenvalue weighted by Gasteiger charge is 2.42. The lowest BCUT2D eigenvalue weighted by molar-refractivity contribution is -0.148. The van der Waals surface area contributed by atoms with Crippen LogP contribution in [0.15, 0.2) is 12.3 Å². The summed E-state index contributed by atoms with van der Waals surface area (Å²) in [6.07, 6.45) is -2.78. The van der Waals surface area contributed by atoms with Crippen LogP contribution in [0.4, 0.5) is 23.2 Å². The molecule has 92 valence electrons. The number of hydrogen-bond donors (Lipinski definition) is 1. The Morgan fingerprint density at radius 2 is 2.18 bits per heavy atom. The molecule has 0 saturated heterocycles. The van der Waals surface area contributed by atoms with Crippen molar-refractivity contribution in [2.45, 2.75) is 12.3 Å². The average molecular weight is 249 g/mol. The summed E-state index contributed by atoms with van der Waals surface area (Å²) < 4.78 is 53.1. The SMILES string of the molecule is N#Cc1cc(N)cnc1OCC(F)(F)C(F)F. The summed E-state index contributed by atoms with van der Waals surface area (Å²) in [5.41, 5.74) is 5.23. The normalized spacial score (nSPS) is 11.3. The summed E-state index contributed by atoms with van der Waals surface area (Å²) in [6, 6.07) is 2.74. The molecule has 0 aliphatic carbocycles. The second kappa shape index (κ2) is 4.86. The van der Waals surface area contributed by atoms with E-state index in [0.29, 0.717) is 0 Å². The Labute approximate surface area is 93.6 Å². The zero-order valence-corrected chi connectivity index (χ0v) is 8.33. The van der Waals surface area contributed by atoms with Crippen LogP contribution in [0.1, 0.15) is 5.56 Å². The zero-order valence-electron chi connectivity index (χ0n) is 8.33. The molecule has 1 heterocycles. The highest BCUT2D eigenvalue weighted by molar-refractivity contribution is 5.48. The smallest absolute Gasteiger partial charge is 0.340 e. The van der Waals surface area contributed by atoms with Crippen LogP contribution in [0.25, 0.3) is 0 Å². The molecule has 1 rings (SSSR count). The fraction of sp³-hybridized carbons (Fsp3) is 0.333. The van der Waals surface area contributed by atoms with Gasteiger partial charge in [0.25, 0.3) is 0 Å². The van der Waals surface area contributed by atoms with E-state index in [0.717, 1.165) is 12.3 Å². The van der Waals surface area contributed by atoms with Crippen molar-refractivity contribution in [2.24, 2.45) is 0 Å². The van der Waals surface area contributed by atoms with Gasteiger partial charge in [0, 0.05) is 0 Å². The molecule has 0 radical (unpaired) electrons. The summed E-state index contributed by atoms with van der Waals surface area (Å²) in [6.45, 7) is -1.56. The van der Waals surface area contributed by atoms with Gasteiger partial charge in [-0.15, -0.1) is 0 Å². The number of anilines is 1. The molecule has 0 spiro atoms. The molecule has 0 aromatic carbocycles. The van der Waals surface area contributed by atoms with Crippen molar-refractivity contribution in [3.63, 3.8) is 0 Å². The van der Waals surface area contributed by atoms with Gasteiger partial charge in [-0.1, -0.05) is 0 Å². The number of halogens is 4. The zero-order chi connectivity index (χ0) is 13.1. The van der Waals surface area contributed by atoms with Gasteiger partial charge in [0.05, 0.1) is 11.9 Å². The van der Waals surface area contributed by atoms with Crippen molar-refractivity contribution in [3.05, 3.63) is 17.8 Å². The van der Waals surface area contributed by atoms with E-state index < -0.39 is 24.8 Å². The first kappa shape index (κ1) is 13.0. The molecule has 0 atom stereocenters. The van der Waals surface area contributed by atoms with Crippen molar-refractivity contribution in [1.29, 1.82) is 5.26 Å². The fourth-order valence-corrected chi connectivity index (χ4v) is 0.891. The van der Waals surface area contributed by atoms with E-state index in [1.54, 1.807) is 6.07 Å². The maximum atomic E-state index is 12.5. The van der Waals surface area contributed by atoms with E-state index in [1.165, 1.54) is 0 Å². The van der Waals surface area contributed by atoms with Gasteiger partial charge in [0.2, 0.25) is 5.88 Å². The lowest BCUT2D eigenvalue weighted by atomic mass is 10.3. The quantitative estimate of drug-likeness (QED) is 0.826. The van der Waals surface area contributed by atoms with E-state index in [9.17, 15) is 17.6 Å². The van der Waals surface area contributed by atoms with Crippen molar-refractivity contribution in [2.75, 3.05) is 12.3 Å². The number of rotatable bonds is 4. The number of pyridine rings is 1. The van der Waals surface area contributed by atoms with E-state index in [4.69, 9.17) is 11.0 Å². The Morgan fingerprint density at radius 3 is 2.71 bits per heavy atom. The van der Waals surface area contributed by atoms with Gasteiger partial charge in [0.1, 0.15) is 11.6 Å². The molecular weight excluding hydrogens is 242 g/mol. The molecular formula is C9H7F4N3O. The molecule has 1 aromatic rings. The number of hydrogen-bond acceptors (Lipinski definition) is 4. The molecule has 17 heavy (non-hydrogen) atoms. The monoisotopic (exact) mass is 249 g/mol. The van der Waals surface area contributed by atoms with Gasteiger partial charge in [-0.05, 0) is 6.07 Å². The number of ether oxygens (including phenoxy) is 1. The molecule has 0 amide bonds. The Morgan fingerprint density at radius 1 is 1.53 bits per heavy atom. The summed E-state index contributed by atoms with van der Waals surface area (Å²) in [5, 5.41) is 8.62. The number of alkyl halides is 4. The molecule has 0 aliphatic rings. The number of nitriles is 1. The number of nitrogens with two attached hydrogens (primary N) is 1. The van der Waals surface area contributed by atoms with Crippen LogP contribution in [0.2, 0.25) is 0 Å². The first-order valence-electron chi connectivity index (χ1n) is 4.31. The van der Waals surface area contributed by atoms with Gasteiger partial charge in [-0.25, -0.2) is 13.8 Å². The maximum absolute atomic E-state index is 12.5. The number of nitrogens with zero attached hydrogens (tertiary/aromatic N) is 2. The lowest BCUT2D eigenvalue weighted by Crippen LogP contribution is -2.34. The second-order valence-electron chi connectivity index (χ2n) is 3.08. The predicted octanol–water partition coefficient (Wildman–Crippen LogP) is 1.81. The van der Waals surface area contributed by atoms with Crippen molar-refractivity contribution < 1.29 is 22.3 Å². The second-order valence-corrected chi connectivity index (χ2v) is 3.08. The fourth-order valence-electron chi connectivity index (χ4n) is 0.891. The van der Waals surface area contributed by atoms with Crippen LogP contribution in [-0.2, 0) is 0 Å². The van der Waals surface area contributed by atoms with Gasteiger partial charge < -0.3 is 10.5 Å². The number of aromatic nitrogens is 1. The number of nitrogen functional groups attached to an aromatic ring is 1. The third-order valence-electron chi connectivity index (χ3n) is 1.71. The van der Waals surface area contributed by atoms with Crippen LogP contribution in [0, 0.1) is 11.3 Å². The van der Waals surface area contributed by atoms with Crippen molar-refractivity contribution in [3.8, 4) is 11.9 Å². The molecule has 8 heteroatoms. The Kier molecular flexibility index (Phi) is 3.73. The minimum Gasteiger partial charge on any atom is -0.470 e. The molecule has 0 aliphatic heterocycles. The standard InChI is InChI=1S/C9H7F4N3O/c10-8(11)9(12,13)4-17-7-5(2-14)1-6(15)3-16-7/h1,3,8H,4,15H2. The minimum absolute atomic E-state index is 0.134. The van der Waals surface area contributed by atoms with Crippen LogP contribution in [0.5, 0.6) is 5.88 Å². The molecule has 4 nitrogen and oxygen atoms in total. The van der Waals surface area contributed by atoms with Crippen LogP contribution in [-0.4, -0.2) is 23.9 Å². The van der Waals surface area contributed by atoms with Gasteiger partial charge in [-0.2, -0.15) is 14.0 Å². The van der Waals surface area contributed by atoms with E-state index in [2.05, 4.69) is 9.72 Å². The summed E-state index contributed by atoms with van der Waals surface area (Å²) in [7, 11) is 0. The molecule has 2 N–H and O–H groups in total. The molecule has 0 unspecified atom stereocenters. The predicted molar refractivity (Wildman–Crippen MR) is 49.8 cm³/mol.